The number of terminal acetylenes is 1. The van der Waals surface area contributed by atoms with Gasteiger partial charge in [-0.2, -0.15) is 0 Å². The van der Waals surface area contributed by atoms with Crippen LogP contribution in [0.4, 0.5) is 8.78 Å². The molecule has 4 nitrogen and oxygen atoms in total. The summed E-state index contributed by atoms with van der Waals surface area (Å²) in [6.07, 6.45) is 5.00. The predicted molar refractivity (Wildman–Crippen MR) is 58.7 cm³/mol. The molecule has 94 valence electrons. The fraction of sp³-hybridized carbons (Fsp3) is 0.167. The van der Waals surface area contributed by atoms with Crippen LogP contribution in [0.1, 0.15) is 10.4 Å². The van der Waals surface area contributed by atoms with E-state index in [1.165, 1.54) is 0 Å². The lowest BCUT2D eigenvalue weighted by molar-refractivity contribution is -0.137. The van der Waals surface area contributed by atoms with E-state index in [2.05, 4.69) is 5.92 Å². The van der Waals surface area contributed by atoms with E-state index in [0.717, 1.165) is 17.0 Å². The number of nitrogens with zero attached hydrogens (tertiary/aromatic N) is 1. The van der Waals surface area contributed by atoms with Gasteiger partial charge in [0.15, 0.2) is 0 Å². The lowest BCUT2D eigenvalue weighted by Gasteiger charge is -2.17. The van der Waals surface area contributed by atoms with Gasteiger partial charge in [-0.3, -0.25) is 9.59 Å². The first kappa shape index (κ1) is 13.6. The lowest BCUT2D eigenvalue weighted by Crippen LogP contribution is -2.36. The average molecular weight is 253 g/mol. The molecule has 0 unspecified atom stereocenters. The molecular weight excluding hydrogens is 244 g/mol. The summed E-state index contributed by atoms with van der Waals surface area (Å²) in [5, 5.41) is 8.60. The Morgan fingerprint density at radius 1 is 1.28 bits per heavy atom. The summed E-state index contributed by atoms with van der Waals surface area (Å²) in [5.41, 5.74) is -0.288. The smallest absolute Gasteiger partial charge is 0.323 e. The van der Waals surface area contributed by atoms with Crippen LogP contribution in [-0.4, -0.2) is 35.0 Å². The molecule has 0 spiro atoms. The summed E-state index contributed by atoms with van der Waals surface area (Å²) < 4.78 is 25.9. The molecule has 1 rings (SSSR count). The molecule has 0 heterocycles. The monoisotopic (exact) mass is 253 g/mol. The van der Waals surface area contributed by atoms with E-state index < -0.39 is 30.1 Å². The largest absolute Gasteiger partial charge is 0.480 e. The van der Waals surface area contributed by atoms with Crippen molar-refractivity contribution in [3.05, 3.63) is 35.4 Å². The zero-order chi connectivity index (χ0) is 13.7. The molecule has 0 radical (unpaired) electrons. The number of hydrogen-bond donors (Lipinski definition) is 1. The number of halogens is 2. The van der Waals surface area contributed by atoms with Gasteiger partial charge in [0.2, 0.25) is 0 Å². The summed E-state index contributed by atoms with van der Waals surface area (Å²) in [6.45, 7) is -0.898. The van der Waals surface area contributed by atoms with Crippen LogP contribution in [0.25, 0.3) is 0 Å². The van der Waals surface area contributed by atoms with Crippen molar-refractivity contribution < 1.29 is 23.5 Å². The zero-order valence-electron chi connectivity index (χ0n) is 9.19. The Morgan fingerprint density at radius 3 is 2.28 bits per heavy atom. The predicted octanol–water partition coefficient (Wildman–Crippen LogP) is 1.12. The SMILES string of the molecule is C#CCN(CC(=O)O)C(=O)c1cc(F)cc(F)c1. The van der Waals surface area contributed by atoms with Crippen LogP contribution in [0, 0.1) is 24.0 Å². The van der Waals surface area contributed by atoms with Gasteiger partial charge in [0, 0.05) is 11.6 Å². The van der Waals surface area contributed by atoms with Crippen LogP contribution in [0.3, 0.4) is 0 Å². The van der Waals surface area contributed by atoms with Crippen molar-refractivity contribution in [3.8, 4) is 12.3 Å². The number of carbonyl (C=O) groups excluding carboxylic acids is 1. The Labute approximate surface area is 102 Å². The molecule has 0 saturated carbocycles. The Bertz CT molecular complexity index is 502. The highest BCUT2D eigenvalue weighted by molar-refractivity contribution is 5.96. The maximum Gasteiger partial charge on any atom is 0.323 e. The van der Waals surface area contributed by atoms with Crippen molar-refractivity contribution in [1.29, 1.82) is 0 Å². The molecule has 0 saturated heterocycles. The van der Waals surface area contributed by atoms with Gasteiger partial charge < -0.3 is 10.0 Å². The molecular formula is C12H9F2NO3. The number of carboxylic acid groups (broad SMARTS) is 1. The van der Waals surface area contributed by atoms with Crippen LogP contribution >= 0.6 is 0 Å². The number of carbonyl (C=O) groups is 2. The summed E-state index contributed by atoms with van der Waals surface area (Å²) in [5.74, 6) is -1.84. The molecule has 0 aliphatic heterocycles. The van der Waals surface area contributed by atoms with Crippen molar-refractivity contribution in [1.82, 2.24) is 4.90 Å². The molecule has 0 aliphatic carbocycles. The fourth-order valence-corrected chi connectivity index (χ4v) is 1.33. The van der Waals surface area contributed by atoms with Gasteiger partial charge in [-0.05, 0) is 12.1 Å². The molecule has 1 amide bonds. The van der Waals surface area contributed by atoms with Gasteiger partial charge >= 0.3 is 5.97 Å². The quantitative estimate of drug-likeness (QED) is 0.818. The highest BCUT2D eigenvalue weighted by Crippen LogP contribution is 2.10. The molecule has 0 aliphatic rings. The number of rotatable bonds is 4. The van der Waals surface area contributed by atoms with Gasteiger partial charge in [0.1, 0.15) is 18.2 Å². The van der Waals surface area contributed by atoms with Crippen LogP contribution in [-0.2, 0) is 4.79 Å². The third-order valence-corrected chi connectivity index (χ3v) is 2.00. The normalized spacial score (nSPS) is 9.61. The van der Waals surface area contributed by atoms with E-state index in [1.807, 2.05) is 0 Å². The molecule has 6 heteroatoms. The molecule has 0 atom stereocenters. The van der Waals surface area contributed by atoms with Crippen LogP contribution in [0.5, 0.6) is 0 Å². The van der Waals surface area contributed by atoms with E-state index in [4.69, 9.17) is 11.5 Å². The minimum atomic E-state index is -1.27. The first-order valence-corrected chi connectivity index (χ1v) is 4.84. The fourth-order valence-electron chi connectivity index (χ4n) is 1.33. The van der Waals surface area contributed by atoms with Gasteiger partial charge in [-0.1, -0.05) is 5.92 Å². The molecule has 1 aromatic carbocycles. The van der Waals surface area contributed by atoms with Gasteiger partial charge in [0.05, 0.1) is 6.54 Å². The second kappa shape index (κ2) is 5.77. The van der Waals surface area contributed by atoms with Crippen LogP contribution in [0.2, 0.25) is 0 Å². The minimum Gasteiger partial charge on any atom is -0.480 e. The molecule has 18 heavy (non-hydrogen) atoms. The average Bonchev–Trinajstić information content (AvgIpc) is 2.25. The third-order valence-electron chi connectivity index (χ3n) is 2.00. The number of amides is 1. The maximum atomic E-state index is 12.9. The van der Waals surface area contributed by atoms with E-state index in [0.29, 0.717) is 6.07 Å². The molecule has 0 bridgehead atoms. The van der Waals surface area contributed by atoms with Gasteiger partial charge in [-0.25, -0.2) is 8.78 Å². The minimum absolute atomic E-state index is 0.261. The third kappa shape index (κ3) is 3.56. The topological polar surface area (TPSA) is 57.6 Å². The van der Waals surface area contributed by atoms with Crippen molar-refractivity contribution in [2.45, 2.75) is 0 Å². The maximum absolute atomic E-state index is 12.9. The highest BCUT2D eigenvalue weighted by atomic mass is 19.1. The summed E-state index contributed by atoms with van der Waals surface area (Å²) in [4.78, 5) is 23.2. The second-order valence-electron chi connectivity index (χ2n) is 3.42. The van der Waals surface area contributed by atoms with Crippen molar-refractivity contribution >= 4 is 11.9 Å². The molecule has 1 N–H and O–H groups in total. The zero-order valence-corrected chi connectivity index (χ0v) is 9.19. The summed E-state index contributed by atoms with van der Waals surface area (Å²) in [6, 6.07) is 2.24. The highest BCUT2D eigenvalue weighted by Gasteiger charge is 2.18. The Hall–Kier alpha value is -2.42. The van der Waals surface area contributed by atoms with Crippen LogP contribution < -0.4 is 0 Å². The van der Waals surface area contributed by atoms with E-state index >= 15 is 0 Å². The van der Waals surface area contributed by atoms with Gasteiger partial charge in [-0.15, -0.1) is 6.42 Å². The lowest BCUT2D eigenvalue weighted by atomic mass is 10.2. The van der Waals surface area contributed by atoms with Crippen molar-refractivity contribution in [2.75, 3.05) is 13.1 Å². The first-order valence-electron chi connectivity index (χ1n) is 4.84. The Balaban J connectivity index is 3.01. The standard InChI is InChI=1S/C12H9F2NO3/c1-2-3-15(7-11(16)17)12(18)8-4-9(13)6-10(14)5-8/h1,4-6H,3,7H2,(H,16,17). The van der Waals surface area contributed by atoms with E-state index in [1.54, 1.807) is 0 Å². The Kier molecular flexibility index (Phi) is 4.38. The number of benzene rings is 1. The molecule has 1 aromatic rings. The van der Waals surface area contributed by atoms with Crippen molar-refractivity contribution in [3.63, 3.8) is 0 Å². The number of hydrogen-bond acceptors (Lipinski definition) is 2. The summed E-state index contributed by atoms with van der Waals surface area (Å²) in [7, 11) is 0. The van der Waals surface area contributed by atoms with Crippen molar-refractivity contribution in [2.24, 2.45) is 0 Å². The second-order valence-corrected chi connectivity index (χ2v) is 3.42. The van der Waals surface area contributed by atoms with E-state index in [-0.39, 0.29) is 12.1 Å². The Morgan fingerprint density at radius 2 is 1.83 bits per heavy atom. The number of aliphatic carboxylic acids is 1. The van der Waals surface area contributed by atoms with Gasteiger partial charge in [0.25, 0.3) is 5.91 Å². The van der Waals surface area contributed by atoms with E-state index in [9.17, 15) is 18.4 Å². The summed E-state index contributed by atoms with van der Waals surface area (Å²) >= 11 is 0. The molecule has 0 fully saturated rings. The molecule has 0 aromatic heterocycles. The van der Waals surface area contributed by atoms with Crippen LogP contribution in [0.15, 0.2) is 18.2 Å². The number of carboxylic acids is 1. The first-order chi connectivity index (χ1) is 8.43.